The summed E-state index contributed by atoms with van der Waals surface area (Å²) in [6.45, 7) is 5.52. The van der Waals surface area contributed by atoms with Crippen LogP contribution in [-0.2, 0) is 4.79 Å². The van der Waals surface area contributed by atoms with Gasteiger partial charge in [-0.25, -0.2) is 0 Å². The normalized spacial score (nSPS) is 29.7. The molecule has 0 unspecified atom stereocenters. The van der Waals surface area contributed by atoms with Gasteiger partial charge in [0.15, 0.2) is 0 Å². The quantitative estimate of drug-likeness (QED) is 0.616. The van der Waals surface area contributed by atoms with Gasteiger partial charge < -0.3 is 10.4 Å². The van der Waals surface area contributed by atoms with Crippen LogP contribution >= 0.6 is 0 Å². The zero-order chi connectivity index (χ0) is 8.97. The van der Waals surface area contributed by atoms with Crippen molar-refractivity contribution in [2.45, 2.75) is 12.8 Å². The molecule has 1 saturated heterocycles. The van der Waals surface area contributed by atoms with Gasteiger partial charge in [0, 0.05) is 13.0 Å². The van der Waals surface area contributed by atoms with Gasteiger partial charge in [-0.05, 0) is 24.8 Å². The second kappa shape index (κ2) is 4.26. The highest BCUT2D eigenvalue weighted by molar-refractivity contribution is 5.67. The van der Waals surface area contributed by atoms with Crippen molar-refractivity contribution in [3.05, 3.63) is 12.7 Å². The van der Waals surface area contributed by atoms with E-state index in [-0.39, 0.29) is 12.3 Å². The van der Waals surface area contributed by atoms with Crippen LogP contribution in [0, 0.1) is 11.8 Å². The first-order chi connectivity index (χ1) is 5.74. The summed E-state index contributed by atoms with van der Waals surface area (Å²) in [6, 6.07) is 0. The first-order valence-corrected chi connectivity index (χ1v) is 4.29. The maximum Gasteiger partial charge on any atom is 0.303 e. The molecule has 2 N–H and O–H groups in total. The molecule has 1 aliphatic heterocycles. The molecule has 3 heteroatoms. The van der Waals surface area contributed by atoms with Crippen molar-refractivity contribution in [2.24, 2.45) is 11.8 Å². The Kier molecular flexibility index (Phi) is 3.29. The van der Waals surface area contributed by atoms with E-state index in [1.54, 1.807) is 0 Å². The summed E-state index contributed by atoms with van der Waals surface area (Å²) in [6.07, 6.45) is 3.08. The van der Waals surface area contributed by atoms with E-state index in [1.165, 1.54) is 0 Å². The molecule has 0 aromatic rings. The van der Waals surface area contributed by atoms with Gasteiger partial charge in [-0.2, -0.15) is 0 Å². The van der Waals surface area contributed by atoms with Crippen molar-refractivity contribution in [1.82, 2.24) is 5.32 Å². The molecule has 1 rings (SSSR count). The Morgan fingerprint density at radius 3 is 3.08 bits per heavy atom. The predicted molar refractivity (Wildman–Crippen MR) is 46.9 cm³/mol. The van der Waals surface area contributed by atoms with Crippen LogP contribution in [0.25, 0.3) is 0 Å². The van der Waals surface area contributed by atoms with E-state index in [1.807, 2.05) is 6.08 Å². The average Bonchev–Trinajstić information content (AvgIpc) is 2.04. The lowest BCUT2D eigenvalue weighted by Gasteiger charge is -2.28. The predicted octanol–water partition coefficient (Wildman–Crippen LogP) is 0.873. The van der Waals surface area contributed by atoms with Gasteiger partial charge >= 0.3 is 5.97 Å². The van der Waals surface area contributed by atoms with Crippen LogP contribution in [0.15, 0.2) is 12.7 Å². The largest absolute Gasteiger partial charge is 0.481 e. The third-order valence-corrected chi connectivity index (χ3v) is 2.42. The monoisotopic (exact) mass is 169 g/mol. The van der Waals surface area contributed by atoms with Gasteiger partial charge in [-0.1, -0.05) is 6.08 Å². The molecule has 12 heavy (non-hydrogen) atoms. The Bertz CT molecular complexity index is 179. The highest BCUT2D eigenvalue weighted by Crippen LogP contribution is 2.23. The summed E-state index contributed by atoms with van der Waals surface area (Å²) in [5, 5.41) is 11.8. The summed E-state index contributed by atoms with van der Waals surface area (Å²) >= 11 is 0. The summed E-state index contributed by atoms with van der Waals surface area (Å²) in [5.41, 5.74) is 0. The fourth-order valence-corrected chi connectivity index (χ4v) is 1.69. The van der Waals surface area contributed by atoms with Crippen LogP contribution in [0.2, 0.25) is 0 Å². The van der Waals surface area contributed by atoms with Gasteiger partial charge in [0.05, 0.1) is 0 Å². The smallest absolute Gasteiger partial charge is 0.303 e. The van der Waals surface area contributed by atoms with Gasteiger partial charge in [0.25, 0.3) is 0 Å². The maximum absolute atomic E-state index is 10.5. The third-order valence-electron chi connectivity index (χ3n) is 2.42. The molecule has 0 radical (unpaired) electrons. The molecule has 0 aliphatic carbocycles. The number of nitrogens with one attached hydrogen (secondary N) is 1. The molecule has 0 aromatic carbocycles. The highest BCUT2D eigenvalue weighted by atomic mass is 16.4. The lowest BCUT2D eigenvalue weighted by molar-refractivity contribution is -0.138. The number of hydrogen-bond acceptors (Lipinski definition) is 2. The van der Waals surface area contributed by atoms with E-state index in [2.05, 4.69) is 11.9 Å². The molecule has 0 bridgehead atoms. The van der Waals surface area contributed by atoms with E-state index >= 15 is 0 Å². The van der Waals surface area contributed by atoms with Crippen LogP contribution < -0.4 is 5.32 Å². The molecule has 0 amide bonds. The van der Waals surface area contributed by atoms with E-state index < -0.39 is 5.97 Å². The minimum absolute atomic E-state index is 0.276. The molecule has 1 heterocycles. The van der Waals surface area contributed by atoms with E-state index in [0.717, 1.165) is 19.5 Å². The summed E-state index contributed by atoms with van der Waals surface area (Å²) in [7, 11) is 0. The molecular formula is C9H15NO2. The second-order valence-corrected chi connectivity index (χ2v) is 3.25. The number of carboxylic acid groups (broad SMARTS) is 1. The Morgan fingerprint density at radius 2 is 2.50 bits per heavy atom. The van der Waals surface area contributed by atoms with Gasteiger partial charge in [0.2, 0.25) is 0 Å². The van der Waals surface area contributed by atoms with E-state index in [4.69, 9.17) is 5.11 Å². The van der Waals surface area contributed by atoms with Crippen molar-refractivity contribution >= 4 is 5.97 Å². The standard InChI is InChI=1S/C9H15NO2/c1-2-7-6-10-4-3-8(7)5-9(11)12/h2,7-8,10H,1,3-6H2,(H,11,12)/t7-,8-/m0/s1. The van der Waals surface area contributed by atoms with E-state index in [0.29, 0.717) is 5.92 Å². The maximum atomic E-state index is 10.5. The number of rotatable bonds is 3. The highest BCUT2D eigenvalue weighted by Gasteiger charge is 2.24. The summed E-state index contributed by atoms with van der Waals surface area (Å²) in [4.78, 5) is 10.5. The van der Waals surface area contributed by atoms with Crippen LogP contribution in [0.4, 0.5) is 0 Å². The van der Waals surface area contributed by atoms with Gasteiger partial charge in [0.1, 0.15) is 0 Å². The number of carboxylic acids is 1. The van der Waals surface area contributed by atoms with Crippen LogP contribution in [0.5, 0.6) is 0 Å². The molecule has 0 saturated carbocycles. The lowest BCUT2D eigenvalue weighted by atomic mass is 9.84. The second-order valence-electron chi connectivity index (χ2n) is 3.25. The van der Waals surface area contributed by atoms with Crippen LogP contribution in [0.3, 0.4) is 0 Å². The Balaban J connectivity index is 2.46. The first-order valence-electron chi connectivity index (χ1n) is 4.29. The molecular weight excluding hydrogens is 154 g/mol. The zero-order valence-corrected chi connectivity index (χ0v) is 7.12. The van der Waals surface area contributed by atoms with Crippen molar-refractivity contribution in [1.29, 1.82) is 0 Å². The Labute approximate surface area is 72.5 Å². The van der Waals surface area contributed by atoms with Crippen molar-refractivity contribution < 1.29 is 9.90 Å². The molecule has 68 valence electrons. The third kappa shape index (κ3) is 2.34. The van der Waals surface area contributed by atoms with E-state index in [9.17, 15) is 4.79 Å². The van der Waals surface area contributed by atoms with Crippen molar-refractivity contribution in [2.75, 3.05) is 13.1 Å². The van der Waals surface area contributed by atoms with Crippen molar-refractivity contribution in [3.63, 3.8) is 0 Å². The van der Waals surface area contributed by atoms with Crippen LogP contribution in [0.1, 0.15) is 12.8 Å². The summed E-state index contributed by atoms with van der Waals surface area (Å²) < 4.78 is 0. The molecule has 1 fully saturated rings. The number of hydrogen-bond donors (Lipinski definition) is 2. The topological polar surface area (TPSA) is 49.3 Å². The van der Waals surface area contributed by atoms with Gasteiger partial charge in [-0.3, -0.25) is 4.79 Å². The average molecular weight is 169 g/mol. The zero-order valence-electron chi connectivity index (χ0n) is 7.12. The molecule has 1 aliphatic rings. The Morgan fingerprint density at radius 1 is 1.75 bits per heavy atom. The Hall–Kier alpha value is -0.830. The van der Waals surface area contributed by atoms with Crippen molar-refractivity contribution in [3.8, 4) is 0 Å². The number of aliphatic carboxylic acids is 1. The lowest BCUT2D eigenvalue weighted by Crippen LogP contribution is -2.36. The molecule has 0 aromatic heterocycles. The SMILES string of the molecule is C=C[C@H]1CNCC[C@H]1CC(=O)O. The molecule has 3 nitrogen and oxygen atoms in total. The first kappa shape index (κ1) is 9.26. The van der Waals surface area contributed by atoms with Gasteiger partial charge in [-0.15, -0.1) is 6.58 Å². The summed E-state index contributed by atoms with van der Waals surface area (Å²) in [5.74, 6) is -0.0927. The molecule has 2 atom stereocenters. The van der Waals surface area contributed by atoms with Crippen LogP contribution in [-0.4, -0.2) is 24.2 Å². The molecule has 0 spiro atoms. The minimum atomic E-state index is -0.700. The fourth-order valence-electron chi connectivity index (χ4n) is 1.69. The fraction of sp³-hybridized carbons (Fsp3) is 0.667. The number of piperidine rings is 1. The number of carbonyl (C=O) groups is 1. The minimum Gasteiger partial charge on any atom is -0.481 e.